The van der Waals surface area contributed by atoms with Gasteiger partial charge in [0.2, 0.25) is 0 Å². The SMILES string of the molecule is Oc1cccc([C@H]2Nc3ccccc3S2)c1. The predicted octanol–water partition coefficient (Wildman–Crippen LogP) is 3.61. The van der Waals surface area contributed by atoms with Crippen LogP contribution in [0.15, 0.2) is 53.4 Å². The minimum absolute atomic E-state index is 0.199. The minimum atomic E-state index is 0.199. The maximum absolute atomic E-state index is 9.45. The van der Waals surface area contributed by atoms with E-state index < -0.39 is 0 Å². The minimum Gasteiger partial charge on any atom is -0.508 e. The van der Waals surface area contributed by atoms with Crippen LogP contribution in [0.2, 0.25) is 0 Å². The number of phenolic OH excluding ortho intramolecular Hbond substituents is 1. The summed E-state index contributed by atoms with van der Waals surface area (Å²) in [5.74, 6) is 0.316. The molecule has 0 fully saturated rings. The Morgan fingerprint density at radius 3 is 2.75 bits per heavy atom. The Bertz CT molecular complexity index is 502. The third-order valence-electron chi connectivity index (χ3n) is 2.59. The van der Waals surface area contributed by atoms with Crippen molar-refractivity contribution in [2.75, 3.05) is 5.32 Å². The number of benzene rings is 2. The molecule has 80 valence electrons. The molecule has 0 spiro atoms. The summed E-state index contributed by atoms with van der Waals surface area (Å²) in [5.41, 5.74) is 2.27. The van der Waals surface area contributed by atoms with Crippen molar-refractivity contribution in [3.63, 3.8) is 0 Å². The predicted molar refractivity (Wildman–Crippen MR) is 66.8 cm³/mol. The van der Waals surface area contributed by atoms with E-state index in [-0.39, 0.29) is 5.37 Å². The van der Waals surface area contributed by atoms with Crippen LogP contribution in [0, 0.1) is 0 Å². The molecule has 0 amide bonds. The molecular weight excluding hydrogens is 218 g/mol. The zero-order chi connectivity index (χ0) is 11.0. The number of aromatic hydroxyl groups is 1. The van der Waals surface area contributed by atoms with Crippen LogP contribution in [0.4, 0.5) is 5.69 Å². The van der Waals surface area contributed by atoms with Gasteiger partial charge in [0.1, 0.15) is 11.1 Å². The molecule has 1 aliphatic heterocycles. The quantitative estimate of drug-likeness (QED) is 0.783. The first kappa shape index (κ1) is 9.60. The van der Waals surface area contributed by atoms with E-state index >= 15 is 0 Å². The van der Waals surface area contributed by atoms with E-state index in [1.54, 1.807) is 23.9 Å². The zero-order valence-electron chi connectivity index (χ0n) is 8.55. The number of phenols is 1. The lowest BCUT2D eigenvalue weighted by Gasteiger charge is -2.10. The van der Waals surface area contributed by atoms with Gasteiger partial charge in [-0.2, -0.15) is 0 Å². The van der Waals surface area contributed by atoms with E-state index in [0.717, 1.165) is 5.56 Å². The van der Waals surface area contributed by atoms with Crippen LogP contribution in [0.5, 0.6) is 5.75 Å². The number of hydrogen-bond acceptors (Lipinski definition) is 3. The van der Waals surface area contributed by atoms with Crippen LogP contribution in [0.25, 0.3) is 0 Å². The fourth-order valence-electron chi connectivity index (χ4n) is 1.83. The average Bonchev–Trinajstić information content (AvgIpc) is 2.72. The third kappa shape index (κ3) is 1.63. The van der Waals surface area contributed by atoms with Crippen LogP contribution < -0.4 is 5.32 Å². The molecule has 0 unspecified atom stereocenters. The summed E-state index contributed by atoms with van der Waals surface area (Å²) in [6.45, 7) is 0. The lowest BCUT2D eigenvalue weighted by molar-refractivity contribution is 0.474. The molecule has 2 aromatic carbocycles. The van der Waals surface area contributed by atoms with Gasteiger partial charge in [-0.1, -0.05) is 36.0 Å². The van der Waals surface area contributed by atoms with Crippen LogP contribution in [-0.2, 0) is 0 Å². The molecule has 3 rings (SSSR count). The molecule has 1 aliphatic rings. The first-order valence-corrected chi connectivity index (χ1v) is 6.02. The molecule has 2 aromatic rings. The molecule has 0 aromatic heterocycles. The van der Waals surface area contributed by atoms with E-state index in [2.05, 4.69) is 17.4 Å². The molecule has 16 heavy (non-hydrogen) atoms. The first-order valence-electron chi connectivity index (χ1n) is 5.14. The van der Waals surface area contributed by atoms with Gasteiger partial charge in [-0.25, -0.2) is 0 Å². The zero-order valence-corrected chi connectivity index (χ0v) is 9.37. The summed E-state index contributed by atoms with van der Waals surface area (Å²) in [6, 6.07) is 15.6. The fraction of sp³-hybridized carbons (Fsp3) is 0.0769. The molecule has 0 radical (unpaired) electrons. The van der Waals surface area contributed by atoms with Crippen molar-refractivity contribution in [3.05, 3.63) is 54.1 Å². The number of para-hydroxylation sites is 1. The molecular formula is C13H11NOS. The van der Waals surface area contributed by atoms with E-state index in [4.69, 9.17) is 0 Å². The van der Waals surface area contributed by atoms with Crippen molar-refractivity contribution in [1.82, 2.24) is 0 Å². The Labute approximate surface area is 98.3 Å². The van der Waals surface area contributed by atoms with Crippen molar-refractivity contribution in [2.45, 2.75) is 10.3 Å². The highest BCUT2D eigenvalue weighted by Crippen LogP contribution is 2.46. The highest BCUT2D eigenvalue weighted by atomic mass is 32.2. The summed E-state index contributed by atoms with van der Waals surface area (Å²) in [6.07, 6.45) is 0. The normalized spacial score (nSPS) is 17.9. The first-order chi connectivity index (χ1) is 7.83. The summed E-state index contributed by atoms with van der Waals surface area (Å²) < 4.78 is 0. The van der Waals surface area contributed by atoms with Gasteiger partial charge in [-0.05, 0) is 29.8 Å². The third-order valence-corrected chi connectivity index (χ3v) is 3.83. The Balaban J connectivity index is 1.91. The molecule has 1 atom stereocenters. The second-order valence-electron chi connectivity index (χ2n) is 3.73. The smallest absolute Gasteiger partial charge is 0.115 e. The number of anilines is 1. The van der Waals surface area contributed by atoms with E-state index in [1.807, 2.05) is 24.3 Å². The molecule has 2 N–H and O–H groups in total. The Morgan fingerprint density at radius 2 is 1.94 bits per heavy atom. The lowest BCUT2D eigenvalue weighted by Crippen LogP contribution is -2.00. The van der Waals surface area contributed by atoms with Gasteiger partial charge >= 0.3 is 0 Å². The molecule has 3 heteroatoms. The molecule has 1 heterocycles. The van der Waals surface area contributed by atoms with Gasteiger partial charge in [-0.15, -0.1) is 0 Å². The van der Waals surface area contributed by atoms with Gasteiger partial charge in [0.05, 0.1) is 0 Å². The Hall–Kier alpha value is -1.61. The number of nitrogens with one attached hydrogen (secondary N) is 1. The van der Waals surface area contributed by atoms with Gasteiger partial charge < -0.3 is 10.4 Å². The van der Waals surface area contributed by atoms with Gasteiger partial charge in [0, 0.05) is 10.6 Å². The Morgan fingerprint density at radius 1 is 1.06 bits per heavy atom. The summed E-state index contributed by atoms with van der Waals surface area (Å²) in [4.78, 5) is 1.26. The summed E-state index contributed by atoms with van der Waals surface area (Å²) in [5, 5.41) is 13.1. The van der Waals surface area contributed by atoms with Crippen molar-refractivity contribution < 1.29 is 5.11 Å². The molecule has 0 saturated heterocycles. The van der Waals surface area contributed by atoms with E-state index in [0.29, 0.717) is 5.75 Å². The number of hydrogen-bond donors (Lipinski definition) is 2. The fourth-order valence-corrected chi connectivity index (χ4v) is 2.96. The van der Waals surface area contributed by atoms with E-state index in [9.17, 15) is 5.11 Å². The van der Waals surface area contributed by atoms with Crippen LogP contribution >= 0.6 is 11.8 Å². The second-order valence-corrected chi connectivity index (χ2v) is 4.88. The van der Waals surface area contributed by atoms with Crippen LogP contribution in [-0.4, -0.2) is 5.11 Å². The molecule has 0 aliphatic carbocycles. The topological polar surface area (TPSA) is 32.3 Å². The van der Waals surface area contributed by atoms with Crippen LogP contribution in [0.1, 0.15) is 10.9 Å². The van der Waals surface area contributed by atoms with Gasteiger partial charge in [0.15, 0.2) is 0 Å². The van der Waals surface area contributed by atoms with Crippen molar-refractivity contribution in [2.24, 2.45) is 0 Å². The highest BCUT2D eigenvalue weighted by molar-refractivity contribution is 8.00. The van der Waals surface area contributed by atoms with Crippen LogP contribution in [0.3, 0.4) is 0 Å². The number of fused-ring (bicyclic) bond motifs is 1. The van der Waals surface area contributed by atoms with Crippen molar-refractivity contribution >= 4 is 17.4 Å². The van der Waals surface area contributed by atoms with Crippen molar-refractivity contribution in [1.29, 1.82) is 0 Å². The highest BCUT2D eigenvalue weighted by Gasteiger charge is 2.22. The molecule has 0 bridgehead atoms. The Kier molecular flexibility index (Phi) is 2.26. The molecule has 0 saturated carbocycles. The van der Waals surface area contributed by atoms with Crippen molar-refractivity contribution in [3.8, 4) is 5.75 Å². The maximum Gasteiger partial charge on any atom is 0.115 e. The number of rotatable bonds is 1. The van der Waals surface area contributed by atoms with Gasteiger partial charge in [0.25, 0.3) is 0 Å². The summed E-state index contributed by atoms with van der Waals surface area (Å²) >= 11 is 1.78. The lowest BCUT2D eigenvalue weighted by atomic mass is 10.2. The standard InChI is InChI=1S/C13H11NOS/c15-10-5-3-4-9(8-10)13-14-11-6-1-2-7-12(11)16-13/h1-8,13-15H/t13-/m0/s1. The van der Waals surface area contributed by atoms with E-state index in [1.165, 1.54) is 10.6 Å². The monoisotopic (exact) mass is 229 g/mol. The maximum atomic E-state index is 9.45. The summed E-state index contributed by atoms with van der Waals surface area (Å²) in [7, 11) is 0. The average molecular weight is 229 g/mol. The number of thioether (sulfide) groups is 1. The largest absolute Gasteiger partial charge is 0.508 e. The second kappa shape index (κ2) is 3.76. The van der Waals surface area contributed by atoms with Gasteiger partial charge in [-0.3, -0.25) is 0 Å². The molecule has 2 nitrogen and oxygen atoms in total.